The summed E-state index contributed by atoms with van der Waals surface area (Å²) in [6, 6.07) is 23.2. The van der Waals surface area contributed by atoms with Crippen LogP contribution < -0.4 is 5.48 Å². The molecule has 0 atom stereocenters. The van der Waals surface area contributed by atoms with Crippen LogP contribution in [0.25, 0.3) is 10.8 Å². The van der Waals surface area contributed by atoms with Gasteiger partial charge in [0.25, 0.3) is 5.91 Å². The number of nitrogens with zero attached hydrogens (tertiary/aromatic N) is 2. The first-order valence-electron chi connectivity index (χ1n) is 9.50. The van der Waals surface area contributed by atoms with Gasteiger partial charge in [-0.2, -0.15) is 0 Å². The van der Waals surface area contributed by atoms with Crippen molar-refractivity contribution in [2.45, 2.75) is 0 Å². The Morgan fingerprint density at radius 3 is 2.22 bits per heavy atom. The molecule has 158 valence electrons. The van der Waals surface area contributed by atoms with Crippen LogP contribution in [-0.4, -0.2) is 17.0 Å². The predicted molar refractivity (Wildman–Crippen MR) is 121 cm³/mol. The number of nitrogens with one attached hydrogen (secondary N) is 1. The molecule has 32 heavy (non-hydrogen) atoms. The van der Waals surface area contributed by atoms with Gasteiger partial charge >= 0.3 is 5.97 Å². The SMILES string of the molecule is O=C(ONc1ccc(N=NC(=O)c2cc3ccccc3cc2O)cc1)c1ccc(Cl)cc1. The van der Waals surface area contributed by atoms with Crippen molar-refractivity contribution in [1.82, 2.24) is 0 Å². The fraction of sp³-hybridized carbons (Fsp3) is 0. The van der Waals surface area contributed by atoms with Gasteiger partial charge in [-0.25, -0.2) is 10.3 Å². The number of phenolic OH excluding ortho intramolecular Hbond substituents is 1. The zero-order valence-electron chi connectivity index (χ0n) is 16.5. The van der Waals surface area contributed by atoms with Gasteiger partial charge in [0, 0.05) is 5.02 Å². The maximum absolute atomic E-state index is 12.4. The maximum Gasteiger partial charge on any atom is 0.362 e. The molecule has 0 unspecified atom stereocenters. The van der Waals surface area contributed by atoms with Gasteiger partial charge in [-0.1, -0.05) is 35.9 Å². The summed E-state index contributed by atoms with van der Waals surface area (Å²) in [6.45, 7) is 0. The first kappa shape index (κ1) is 21.0. The van der Waals surface area contributed by atoms with Crippen molar-refractivity contribution in [1.29, 1.82) is 0 Å². The zero-order chi connectivity index (χ0) is 22.5. The van der Waals surface area contributed by atoms with E-state index in [4.69, 9.17) is 16.4 Å². The van der Waals surface area contributed by atoms with E-state index in [1.165, 1.54) is 6.07 Å². The molecule has 0 saturated carbocycles. The van der Waals surface area contributed by atoms with E-state index in [0.29, 0.717) is 22.0 Å². The van der Waals surface area contributed by atoms with Crippen LogP contribution in [0.3, 0.4) is 0 Å². The Morgan fingerprint density at radius 1 is 0.875 bits per heavy atom. The lowest BCUT2D eigenvalue weighted by Gasteiger charge is -2.07. The van der Waals surface area contributed by atoms with Crippen molar-refractivity contribution >= 4 is 45.6 Å². The van der Waals surface area contributed by atoms with Crippen molar-refractivity contribution in [3.05, 3.63) is 101 Å². The Labute approximate surface area is 187 Å². The molecule has 1 amide bonds. The molecule has 0 spiro atoms. The Hall–Kier alpha value is -4.23. The van der Waals surface area contributed by atoms with Gasteiger partial charge < -0.3 is 9.94 Å². The monoisotopic (exact) mass is 445 g/mol. The minimum absolute atomic E-state index is 0.0693. The molecule has 2 N–H and O–H groups in total. The summed E-state index contributed by atoms with van der Waals surface area (Å²) in [7, 11) is 0. The highest BCUT2D eigenvalue weighted by atomic mass is 35.5. The molecule has 0 saturated heterocycles. The zero-order valence-corrected chi connectivity index (χ0v) is 17.3. The fourth-order valence-corrected chi connectivity index (χ4v) is 3.03. The summed E-state index contributed by atoms with van der Waals surface area (Å²) < 4.78 is 0. The second-order valence-electron chi connectivity index (χ2n) is 6.77. The Bertz CT molecular complexity index is 1320. The second kappa shape index (κ2) is 9.28. The first-order valence-corrected chi connectivity index (χ1v) is 9.88. The van der Waals surface area contributed by atoms with Crippen molar-refractivity contribution in [2.75, 3.05) is 5.48 Å². The summed E-state index contributed by atoms with van der Waals surface area (Å²) in [5.74, 6) is -1.38. The Morgan fingerprint density at radius 2 is 1.53 bits per heavy atom. The minimum Gasteiger partial charge on any atom is -0.507 e. The van der Waals surface area contributed by atoms with Crippen LogP contribution >= 0.6 is 11.6 Å². The number of amides is 1. The number of halogens is 1. The van der Waals surface area contributed by atoms with Crippen LogP contribution in [0.5, 0.6) is 5.75 Å². The summed E-state index contributed by atoms with van der Waals surface area (Å²) in [5, 5.41) is 19.9. The number of carbonyl (C=O) groups is 2. The fourth-order valence-electron chi connectivity index (χ4n) is 2.90. The summed E-state index contributed by atoms with van der Waals surface area (Å²) in [4.78, 5) is 29.4. The third kappa shape index (κ3) is 4.91. The number of phenols is 1. The molecule has 4 aromatic carbocycles. The molecular formula is C24H16ClN3O4. The minimum atomic E-state index is -0.660. The smallest absolute Gasteiger partial charge is 0.362 e. The molecule has 0 bridgehead atoms. The Kier molecular flexibility index (Phi) is 6.10. The van der Waals surface area contributed by atoms with E-state index in [-0.39, 0.29) is 11.3 Å². The van der Waals surface area contributed by atoms with Crippen molar-refractivity contribution < 1.29 is 19.5 Å². The first-order chi connectivity index (χ1) is 15.5. The van der Waals surface area contributed by atoms with E-state index >= 15 is 0 Å². The molecule has 4 rings (SSSR count). The van der Waals surface area contributed by atoms with Crippen molar-refractivity contribution in [3.63, 3.8) is 0 Å². The molecule has 8 heteroatoms. The van der Waals surface area contributed by atoms with Gasteiger partial charge in [0.05, 0.1) is 22.5 Å². The molecule has 7 nitrogen and oxygen atoms in total. The van der Waals surface area contributed by atoms with Gasteiger partial charge in [-0.15, -0.1) is 10.2 Å². The largest absolute Gasteiger partial charge is 0.507 e. The number of benzene rings is 4. The van der Waals surface area contributed by atoms with Crippen LogP contribution in [0, 0.1) is 0 Å². The van der Waals surface area contributed by atoms with E-state index in [1.807, 2.05) is 24.3 Å². The number of carbonyl (C=O) groups excluding carboxylic acids is 2. The quantitative estimate of drug-likeness (QED) is 0.277. The van der Waals surface area contributed by atoms with Gasteiger partial charge in [0.1, 0.15) is 5.75 Å². The number of hydrogen-bond donors (Lipinski definition) is 2. The van der Waals surface area contributed by atoms with Gasteiger partial charge in [0.2, 0.25) is 0 Å². The maximum atomic E-state index is 12.4. The van der Waals surface area contributed by atoms with Crippen LogP contribution in [0.2, 0.25) is 5.02 Å². The molecule has 0 heterocycles. The number of anilines is 1. The normalized spacial score (nSPS) is 10.9. The van der Waals surface area contributed by atoms with Gasteiger partial charge in [-0.3, -0.25) is 4.79 Å². The molecule has 0 fully saturated rings. The number of fused-ring (bicyclic) bond motifs is 1. The average molecular weight is 446 g/mol. The number of aromatic hydroxyl groups is 1. The van der Waals surface area contributed by atoms with Crippen LogP contribution in [0.15, 0.2) is 95.2 Å². The highest BCUT2D eigenvalue weighted by Crippen LogP contribution is 2.26. The highest BCUT2D eigenvalue weighted by molar-refractivity contribution is 6.30. The lowest BCUT2D eigenvalue weighted by Crippen LogP contribution is -2.10. The van der Waals surface area contributed by atoms with E-state index in [9.17, 15) is 14.7 Å². The van der Waals surface area contributed by atoms with E-state index < -0.39 is 11.9 Å². The van der Waals surface area contributed by atoms with Gasteiger partial charge in [-0.05, 0) is 71.4 Å². The number of rotatable bonds is 5. The summed E-state index contributed by atoms with van der Waals surface area (Å²) in [6.07, 6.45) is 0. The number of hydrogen-bond acceptors (Lipinski definition) is 6. The third-order valence-electron chi connectivity index (χ3n) is 4.56. The highest BCUT2D eigenvalue weighted by Gasteiger charge is 2.12. The summed E-state index contributed by atoms with van der Waals surface area (Å²) >= 11 is 5.80. The molecular weight excluding hydrogens is 430 g/mol. The molecule has 0 aromatic heterocycles. The van der Waals surface area contributed by atoms with Crippen LogP contribution in [0.4, 0.5) is 11.4 Å². The van der Waals surface area contributed by atoms with Crippen LogP contribution in [-0.2, 0) is 4.84 Å². The van der Waals surface area contributed by atoms with E-state index in [0.717, 1.165) is 10.8 Å². The molecule has 0 aliphatic carbocycles. The molecule has 4 aromatic rings. The second-order valence-corrected chi connectivity index (χ2v) is 7.20. The predicted octanol–water partition coefficient (Wildman–Crippen LogP) is 6.31. The van der Waals surface area contributed by atoms with E-state index in [2.05, 4.69) is 15.7 Å². The lowest BCUT2D eigenvalue weighted by molar-refractivity contribution is 0.0596. The standard InChI is InChI=1S/C24H16ClN3O4/c25-18-7-5-15(6-8-18)24(31)32-28-20-11-9-19(10-12-20)26-27-23(30)21-13-16-3-1-2-4-17(16)14-22(21)29/h1-14,28-29H. The lowest BCUT2D eigenvalue weighted by atomic mass is 10.1. The molecule has 0 aliphatic rings. The third-order valence-corrected chi connectivity index (χ3v) is 4.81. The topological polar surface area (TPSA) is 100 Å². The van der Waals surface area contributed by atoms with Crippen molar-refractivity contribution in [3.8, 4) is 5.75 Å². The number of azo groups is 1. The summed E-state index contributed by atoms with van der Waals surface area (Å²) in [5.41, 5.74) is 3.88. The average Bonchev–Trinajstić information content (AvgIpc) is 2.81. The van der Waals surface area contributed by atoms with Crippen LogP contribution in [0.1, 0.15) is 20.7 Å². The van der Waals surface area contributed by atoms with Gasteiger partial charge in [0.15, 0.2) is 0 Å². The van der Waals surface area contributed by atoms with Crippen molar-refractivity contribution in [2.24, 2.45) is 10.2 Å². The Balaban J connectivity index is 1.39. The molecule has 0 aliphatic heterocycles. The van der Waals surface area contributed by atoms with E-state index in [1.54, 1.807) is 54.6 Å². The molecule has 0 radical (unpaired) electrons.